The molecular weight excluding hydrogens is 212 g/mol. The molecule has 0 heterocycles. The maximum Gasteiger partial charge on any atom is 0.303 e. The summed E-state index contributed by atoms with van der Waals surface area (Å²) >= 11 is 0. The van der Waals surface area contributed by atoms with Crippen molar-refractivity contribution in [2.75, 3.05) is 0 Å². The summed E-state index contributed by atoms with van der Waals surface area (Å²) in [6.45, 7) is 5.76. The number of ether oxygens (including phenoxy) is 1. The molecule has 2 heteroatoms. The second-order valence-corrected chi connectivity index (χ2v) is 4.50. The number of allylic oxidation sites excluding steroid dienone is 1. The van der Waals surface area contributed by atoms with Crippen molar-refractivity contribution < 1.29 is 9.53 Å². The number of carbonyl (C=O) groups excluding carboxylic acids is 1. The quantitative estimate of drug-likeness (QED) is 0.568. The van der Waals surface area contributed by atoms with Crippen molar-refractivity contribution in [1.82, 2.24) is 0 Å². The Morgan fingerprint density at radius 2 is 1.94 bits per heavy atom. The molecule has 1 atom stereocenters. The highest BCUT2D eigenvalue weighted by Crippen LogP contribution is 2.19. The van der Waals surface area contributed by atoms with Crippen LogP contribution in [0.3, 0.4) is 0 Å². The molecule has 0 saturated carbocycles. The third kappa shape index (κ3) is 5.34. The number of rotatable bonds is 5. The molecule has 0 radical (unpaired) electrons. The molecular formula is C15H20O2. The normalized spacial score (nSPS) is 12.9. The van der Waals surface area contributed by atoms with Gasteiger partial charge in [-0.2, -0.15) is 0 Å². The van der Waals surface area contributed by atoms with Gasteiger partial charge in [-0.3, -0.25) is 4.79 Å². The molecule has 1 rings (SSSR count). The largest absolute Gasteiger partial charge is 0.453 e. The van der Waals surface area contributed by atoms with Crippen molar-refractivity contribution in [2.45, 2.75) is 33.3 Å². The van der Waals surface area contributed by atoms with Crippen LogP contribution in [0.5, 0.6) is 0 Å². The van der Waals surface area contributed by atoms with Crippen LogP contribution >= 0.6 is 0 Å². The second kappa shape index (κ2) is 6.89. The summed E-state index contributed by atoms with van der Waals surface area (Å²) in [6.07, 6.45) is 4.75. The molecule has 2 nitrogen and oxygen atoms in total. The van der Waals surface area contributed by atoms with E-state index in [0.29, 0.717) is 5.92 Å². The van der Waals surface area contributed by atoms with Gasteiger partial charge in [0.25, 0.3) is 0 Å². The van der Waals surface area contributed by atoms with Gasteiger partial charge in [0.15, 0.2) is 0 Å². The summed E-state index contributed by atoms with van der Waals surface area (Å²) < 4.78 is 5.29. The molecule has 0 aliphatic carbocycles. The highest BCUT2D eigenvalue weighted by molar-refractivity contribution is 5.66. The molecule has 1 unspecified atom stereocenters. The van der Waals surface area contributed by atoms with Crippen LogP contribution in [-0.2, 0) is 9.53 Å². The van der Waals surface area contributed by atoms with Gasteiger partial charge in [0.2, 0.25) is 0 Å². The zero-order valence-corrected chi connectivity index (χ0v) is 10.7. The lowest BCUT2D eigenvalue weighted by atomic mass is 10.1. The smallest absolute Gasteiger partial charge is 0.303 e. The zero-order valence-electron chi connectivity index (χ0n) is 10.7. The molecule has 0 spiro atoms. The predicted octanol–water partition coefficient (Wildman–Crippen LogP) is 3.89. The van der Waals surface area contributed by atoms with E-state index in [2.05, 4.69) is 19.9 Å². The van der Waals surface area contributed by atoms with Gasteiger partial charge in [-0.15, -0.1) is 0 Å². The summed E-state index contributed by atoms with van der Waals surface area (Å²) in [7, 11) is 0. The molecule has 0 saturated heterocycles. The van der Waals surface area contributed by atoms with Gasteiger partial charge in [0.1, 0.15) is 6.10 Å². The van der Waals surface area contributed by atoms with Crippen molar-refractivity contribution in [1.29, 1.82) is 0 Å². The molecule has 17 heavy (non-hydrogen) atoms. The van der Waals surface area contributed by atoms with Crippen LogP contribution in [0.25, 0.3) is 0 Å². The Morgan fingerprint density at radius 3 is 2.47 bits per heavy atom. The predicted molar refractivity (Wildman–Crippen MR) is 69.5 cm³/mol. The van der Waals surface area contributed by atoms with Crippen LogP contribution in [0.1, 0.15) is 38.9 Å². The summed E-state index contributed by atoms with van der Waals surface area (Å²) in [4.78, 5) is 11.1. The number of hydrogen-bond donors (Lipinski definition) is 0. The van der Waals surface area contributed by atoms with E-state index in [1.807, 2.05) is 36.4 Å². The Labute approximate surface area is 103 Å². The Hall–Kier alpha value is -1.57. The third-order valence-electron chi connectivity index (χ3n) is 2.34. The van der Waals surface area contributed by atoms with Crippen LogP contribution in [0.2, 0.25) is 0 Å². The Kier molecular flexibility index (Phi) is 5.47. The van der Waals surface area contributed by atoms with E-state index in [0.717, 1.165) is 12.0 Å². The first-order chi connectivity index (χ1) is 8.09. The summed E-state index contributed by atoms with van der Waals surface area (Å²) in [5, 5.41) is 0. The Morgan fingerprint density at radius 1 is 1.29 bits per heavy atom. The van der Waals surface area contributed by atoms with E-state index >= 15 is 0 Å². The van der Waals surface area contributed by atoms with Crippen LogP contribution in [0.15, 0.2) is 42.5 Å². The van der Waals surface area contributed by atoms with Gasteiger partial charge in [-0.25, -0.2) is 0 Å². The van der Waals surface area contributed by atoms with Gasteiger partial charge >= 0.3 is 5.97 Å². The number of hydrogen-bond acceptors (Lipinski definition) is 2. The molecule has 0 N–H and O–H groups in total. The van der Waals surface area contributed by atoms with E-state index in [4.69, 9.17) is 4.74 Å². The first kappa shape index (κ1) is 13.5. The monoisotopic (exact) mass is 232 g/mol. The molecule has 0 aliphatic heterocycles. The van der Waals surface area contributed by atoms with E-state index < -0.39 is 0 Å². The van der Waals surface area contributed by atoms with Crippen LogP contribution in [-0.4, -0.2) is 5.97 Å². The van der Waals surface area contributed by atoms with Crippen molar-refractivity contribution in [2.24, 2.45) is 5.92 Å². The Balaban J connectivity index is 2.74. The highest BCUT2D eigenvalue weighted by atomic mass is 16.5. The molecule has 92 valence electrons. The Bertz CT molecular complexity index is 366. The third-order valence-corrected chi connectivity index (χ3v) is 2.34. The van der Waals surface area contributed by atoms with Crippen molar-refractivity contribution in [3.63, 3.8) is 0 Å². The maximum absolute atomic E-state index is 11.1. The number of benzene rings is 1. The van der Waals surface area contributed by atoms with Gasteiger partial charge in [-0.05, 0) is 24.0 Å². The lowest BCUT2D eigenvalue weighted by Crippen LogP contribution is -2.06. The summed E-state index contributed by atoms with van der Waals surface area (Å²) in [5.41, 5.74) is 1.00. The average molecular weight is 232 g/mol. The van der Waals surface area contributed by atoms with Gasteiger partial charge < -0.3 is 4.74 Å². The molecule has 0 aliphatic rings. The van der Waals surface area contributed by atoms with E-state index in [1.165, 1.54) is 6.92 Å². The van der Waals surface area contributed by atoms with E-state index in [-0.39, 0.29) is 12.1 Å². The highest BCUT2D eigenvalue weighted by Gasteiger charge is 2.10. The molecule has 1 aromatic carbocycles. The van der Waals surface area contributed by atoms with Crippen molar-refractivity contribution >= 4 is 5.97 Å². The second-order valence-electron chi connectivity index (χ2n) is 4.50. The molecule has 0 amide bonds. The first-order valence-electron chi connectivity index (χ1n) is 5.98. The maximum atomic E-state index is 11.1. The lowest BCUT2D eigenvalue weighted by molar-refractivity contribution is -0.144. The topological polar surface area (TPSA) is 26.3 Å². The van der Waals surface area contributed by atoms with Crippen LogP contribution < -0.4 is 0 Å². The SMILES string of the molecule is CC(=O)OC(/C=C/CC(C)C)c1ccccc1. The van der Waals surface area contributed by atoms with E-state index in [1.54, 1.807) is 0 Å². The van der Waals surface area contributed by atoms with Gasteiger partial charge in [-0.1, -0.05) is 50.3 Å². The minimum absolute atomic E-state index is 0.256. The number of esters is 1. The first-order valence-corrected chi connectivity index (χ1v) is 5.98. The van der Waals surface area contributed by atoms with Crippen LogP contribution in [0, 0.1) is 5.92 Å². The van der Waals surface area contributed by atoms with E-state index in [9.17, 15) is 4.79 Å². The fourth-order valence-corrected chi connectivity index (χ4v) is 1.51. The van der Waals surface area contributed by atoms with Crippen molar-refractivity contribution in [3.8, 4) is 0 Å². The molecule has 0 fully saturated rings. The fraction of sp³-hybridized carbons (Fsp3) is 0.400. The van der Waals surface area contributed by atoms with Crippen LogP contribution in [0.4, 0.5) is 0 Å². The minimum atomic E-state index is -0.271. The standard InChI is InChI=1S/C15H20O2/c1-12(2)8-7-11-15(17-13(3)16)14-9-5-4-6-10-14/h4-7,9-12,15H,8H2,1-3H3/b11-7+. The molecule has 1 aromatic rings. The lowest BCUT2D eigenvalue weighted by Gasteiger charge is -2.13. The summed E-state index contributed by atoms with van der Waals surface area (Å²) in [6, 6.07) is 9.77. The zero-order chi connectivity index (χ0) is 12.7. The van der Waals surface area contributed by atoms with Gasteiger partial charge in [0, 0.05) is 6.92 Å². The minimum Gasteiger partial charge on any atom is -0.453 e. The number of carbonyl (C=O) groups is 1. The van der Waals surface area contributed by atoms with Crippen molar-refractivity contribution in [3.05, 3.63) is 48.0 Å². The molecule has 0 bridgehead atoms. The molecule has 0 aromatic heterocycles. The van der Waals surface area contributed by atoms with Gasteiger partial charge in [0.05, 0.1) is 0 Å². The fourth-order valence-electron chi connectivity index (χ4n) is 1.51. The average Bonchev–Trinajstić information content (AvgIpc) is 2.28. The summed E-state index contributed by atoms with van der Waals surface area (Å²) in [5.74, 6) is 0.355.